The van der Waals surface area contributed by atoms with Gasteiger partial charge in [-0.25, -0.2) is 0 Å². The van der Waals surface area contributed by atoms with Gasteiger partial charge in [0.1, 0.15) is 0 Å². The van der Waals surface area contributed by atoms with Crippen molar-refractivity contribution in [3.05, 3.63) is 0 Å². The number of rotatable bonds is 5. The normalized spacial score (nSPS) is 19.3. The molecule has 0 spiro atoms. The molecule has 1 rings (SSSR count). The zero-order chi connectivity index (χ0) is 13.8. The quantitative estimate of drug-likeness (QED) is 0.764. The minimum Gasteiger partial charge on any atom is -0.198 e. The van der Waals surface area contributed by atoms with Crippen LogP contribution < -0.4 is 0 Å². The van der Waals surface area contributed by atoms with Gasteiger partial charge in [0.25, 0.3) is 10.2 Å². The predicted molar refractivity (Wildman–Crippen MR) is 71.0 cm³/mol. The van der Waals surface area contributed by atoms with Gasteiger partial charge in [0.05, 0.1) is 6.07 Å². The maximum Gasteiger partial charge on any atom is 0.282 e. The monoisotopic (exact) mass is 273 g/mol. The van der Waals surface area contributed by atoms with Crippen LogP contribution in [0.4, 0.5) is 0 Å². The van der Waals surface area contributed by atoms with E-state index in [9.17, 15) is 8.42 Å². The van der Waals surface area contributed by atoms with Crippen LogP contribution in [0, 0.1) is 17.2 Å². The van der Waals surface area contributed by atoms with E-state index in [-0.39, 0.29) is 19.0 Å². The smallest absolute Gasteiger partial charge is 0.198 e. The lowest BCUT2D eigenvalue weighted by Crippen LogP contribution is -2.49. The van der Waals surface area contributed by atoms with Crippen molar-refractivity contribution in [1.29, 1.82) is 5.26 Å². The molecule has 5 nitrogen and oxygen atoms in total. The Balaban J connectivity index is 2.78. The van der Waals surface area contributed by atoms with Crippen LogP contribution in [0.5, 0.6) is 0 Å². The lowest BCUT2D eigenvalue weighted by molar-refractivity contribution is 0.253. The molecule has 0 saturated carbocycles. The van der Waals surface area contributed by atoms with Crippen LogP contribution in [0.15, 0.2) is 0 Å². The third-order valence-corrected chi connectivity index (χ3v) is 5.60. The minimum absolute atomic E-state index is 0.109. The van der Waals surface area contributed by atoms with E-state index in [4.69, 9.17) is 5.26 Å². The van der Waals surface area contributed by atoms with Crippen molar-refractivity contribution in [3.63, 3.8) is 0 Å². The molecule has 1 saturated heterocycles. The van der Waals surface area contributed by atoms with Crippen LogP contribution >= 0.6 is 0 Å². The molecular formula is C12H23N3O2S. The van der Waals surface area contributed by atoms with E-state index >= 15 is 0 Å². The Labute approximate surface area is 111 Å². The molecule has 0 N–H and O–H groups in total. The second-order valence-electron chi connectivity index (χ2n) is 5.20. The van der Waals surface area contributed by atoms with E-state index in [2.05, 4.69) is 6.92 Å². The lowest BCUT2D eigenvalue weighted by atomic mass is 10.0. The van der Waals surface area contributed by atoms with Gasteiger partial charge < -0.3 is 0 Å². The van der Waals surface area contributed by atoms with Gasteiger partial charge in [-0.2, -0.15) is 22.3 Å². The maximum absolute atomic E-state index is 12.5. The number of hydrogen-bond acceptors (Lipinski definition) is 3. The first kappa shape index (κ1) is 15.4. The van der Waals surface area contributed by atoms with Crippen molar-refractivity contribution in [3.8, 4) is 6.07 Å². The Morgan fingerprint density at radius 3 is 2.39 bits per heavy atom. The number of piperidine rings is 1. The van der Waals surface area contributed by atoms with Crippen LogP contribution in [0.3, 0.4) is 0 Å². The molecule has 104 valence electrons. The molecule has 1 fully saturated rings. The van der Waals surface area contributed by atoms with Gasteiger partial charge >= 0.3 is 0 Å². The van der Waals surface area contributed by atoms with Gasteiger partial charge in [-0.15, -0.1) is 0 Å². The fraction of sp³-hybridized carbons (Fsp3) is 0.917. The van der Waals surface area contributed by atoms with Crippen molar-refractivity contribution in [2.45, 2.75) is 46.1 Å². The van der Waals surface area contributed by atoms with E-state index in [0.29, 0.717) is 19.0 Å². The highest BCUT2D eigenvalue weighted by atomic mass is 32.2. The van der Waals surface area contributed by atoms with Gasteiger partial charge in [-0.05, 0) is 32.6 Å². The minimum atomic E-state index is -3.40. The third-order valence-electron chi connectivity index (χ3n) is 3.39. The fourth-order valence-electron chi connectivity index (χ4n) is 2.16. The van der Waals surface area contributed by atoms with Crippen LogP contribution in [0.25, 0.3) is 0 Å². The highest BCUT2D eigenvalue weighted by Crippen LogP contribution is 2.22. The molecule has 0 amide bonds. The summed E-state index contributed by atoms with van der Waals surface area (Å²) in [5.74, 6) is 0.600. The molecule has 0 aromatic carbocycles. The molecular weight excluding hydrogens is 250 g/mol. The maximum atomic E-state index is 12.5. The molecule has 0 aliphatic carbocycles. The van der Waals surface area contributed by atoms with E-state index in [1.165, 1.54) is 4.31 Å². The second-order valence-corrected chi connectivity index (χ2v) is 7.08. The van der Waals surface area contributed by atoms with Gasteiger partial charge in [0, 0.05) is 32.1 Å². The summed E-state index contributed by atoms with van der Waals surface area (Å²) in [7, 11) is -3.40. The molecule has 0 bridgehead atoms. The van der Waals surface area contributed by atoms with Crippen molar-refractivity contribution in [1.82, 2.24) is 8.61 Å². The second kappa shape index (κ2) is 6.50. The summed E-state index contributed by atoms with van der Waals surface area (Å²) >= 11 is 0. The Hall–Kier alpha value is -0.640. The first-order valence-electron chi connectivity index (χ1n) is 6.53. The first-order valence-corrected chi connectivity index (χ1v) is 7.93. The number of hydrogen-bond donors (Lipinski definition) is 0. The summed E-state index contributed by atoms with van der Waals surface area (Å²) in [5.41, 5.74) is 0. The van der Waals surface area contributed by atoms with Gasteiger partial charge in [0.2, 0.25) is 0 Å². The van der Waals surface area contributed by atoms with Crippen molar-refractivity contribution >= 4 is 10.2 Å². The highest BCUT2D eigenvalue weighted by molar-refractivity contribution is 7.86. The molecule has 0 unspecified atom stereocenters. The third kappa shape index (κ3) is 3.67. The standard InChI is InChI=1S/C12H23N3O2S/c1-11(2)15(8-4-7-13)18(16,17)14-9-5-12(3)6-10-14/h11-12H,4-6,8-10H2,1-3H3. The molecule has 0 atom stereocenters. The van der Waals surface area contributed by atoms with Gasteiger partial charge in [0.15, 0.2) is 0 Å². The summed E-state index contributed by atoms with van der Waals surface area (Å²) in [6.07, 6.45) is 2.08. The van der Waals surface area contributed by atoms with Crippen LogP contribution in [0.1, 0.15) is 40.0 Å². The topological polar surface area (TPSA) is 64.4 Å². The van der Waals surface area contributed by atoms with Gasteiger partial charge in [-0.1, -0.05) is 6.92 Å². The molecule has 0 aromatic rings. The van der Waals surface area contributed by atoms with Crippen molar-refractivity contribution in [2.75, 3.05) is 19.6 Å². The Morgan fingerprint density at radius 2 is 1.94 bits per heavy atom. The Kier molecular flexibility index (Phi) is 5.57. The molecule has 6 heteroatoms. The molecule has 18 heavy (non-hydrogen) atoms. The molecule has 1 aliphatic rings. The summed E-state index contributed by atoms with van der Waals surface area (Å²) in [4.78, 5) is 0. The van der Waals surface area contributed by atoms with Crippen molar-refractivity contribution < 1.29 is 8.42 Å². The predicted octanol–water partition coefficient (Wildman–Crippen LogP) is 1.59. The summed E-state index contributed by atoms with van der Waals surface area (Å²) in [6, 6.07) is 1.90. The van der Waals surface area contributed by atoms with Crippen LogP contribution in [-0.2, 0) is 10.2 Å². The largest absolute Gasteiger partial charge is 0.282 e. The van der Waals surface area contributed by atoms with E-state index in [1.54, 1.807) is 4.31 Å². The average Bonchev–Trinajstić information content (AvgIpc) is 2.29. The number of nitriles is 1. The lowest BCUT2D eigenvalue weighted by Gasteiger charge is -2.35. The average molecular weight is 273 g/mol. The summed E-state index contributed by atoms with van der Waals surface area (Å²) in [5, 5.41) is 8.62. The fourth-order valence-corrected chi connectivity index (χ4v) is 3.99. The Bertz CT molecular complexity index is 392. The van der Waals surface area contributed by atoms with Gasteiger partial charge in [-0.3, -0.25) is 0 Å². The molecule has 0 radical (unpaired) electrons. The number of nitrogens with zero attached hydrogens (tertiary/aromatic N) is 3. The zero-order valence-electron chi connectivity index (χ0n) is 11.5. The van der Waals surface area contributed by atoms with Crippen LogP contribution in [-0.4, -0.2) is 42.7 Å². The molecule has 1 aliphatic heterocycles. The van der Waals surface area contributed by atoms with Crippen LogP contribution in [0.2, 0.25) is 0 Å². The highest BCUT2D eigenvalue weighted by Gasteiger charge is 2.33. The molecule has 1 heterocycles. The summed E-state index contributed by atoms with van der Waals surface area (Å²) in [6.45, 7) is 7.32. The van der Waals surface area contributed by atoms with E-state index in [1.807, 2.05) is 19.9 Å². The van der Waals surface area contributed by atoms with E-state index < -0.39 is 10.2 Å². The first-order chi connectivity index (χ1) is 8.39. The van der Waals surface area contributed by atoms with E-state index in [0.717, 1.165) is 12.8 Å². The summed E-state index contributed by atoms with van der Waals surface area (Å²) < 4.78 is 28.0. The zero-order valence-corrected chi connectivity index (χ0v) is 12.3. The SMILES string of the molecule is CC1CCN(S(=O)(=O)N(CCC#N)C(C)C)CC1. The molecule has 0 aromatic heterocycles. The Morgan fingerprint density at radius 1 is 1.39 bits per heavy atom. The van der Waals surface area contributed by atoms with Crippen molar-refractivity contribution in [2.24, 2.45) is 5.92 Å².